The van der Waals surface area contributed by atoms with Crippen molar-refractivity contribution in [1.29, 1.82) is 0 Å². The molecular weight excluding hydrogens is 158 g/mol. The molecule has 0 spiro atoms. The van der Waals surface area contributed by atoms with E-state index in [0.717, 1.165) is 17.5 Å². The molecule has 0 aromatic carbocycles. The molecule has 0 aliphatic heterocycles. The van der Waals surface area contributed by atoms with Crippen LogP contribution in [0.25, 0.3) is 0 Å². The first kappa shape index (κ1) is 8.43. The summed E-state index contributed by atoms with van der Waals surface area (Å²) in [7, 11) is 0. The van der Waals surface area contributed by atoms with Gasteiger partial charge in [0.05, 0.1) is 0 Å². The SMILES string of the molecule is OCCCn1ccc(=S)cc1. The van der Waals surface area contributed by atoms with Crippen LogP contribution in [0.1, 0.15) is 6.42 Å². The Bertz CT molecular complexity index is 249. The minimum atomic E-state index is 0.239. The smallest absolute Gasteiger partial charge is 0.0448 e. The second-order valence-corrected chi connectivity index (χ2v) is 2.82. The van der Waals surface area contributed by atoms with Crippen molar-refractivity contribution in [2.75, 3.05) is 6.61 Å². The Balaban J connectivity index is 2.59. The third-order valence-corrected chi connectivity index (χ3v) is 1.71. The highest BCUT2D eigenvalue weighted by molar-refractivity contribution is 7.71. The summed E-state index contributed by atoms with van der Waals surface area (Å²) in [4.78, 5) is 0. The van der Waals surface area contributed by atoms with Crippen LogP contribution in [-0.2, 0) is 6.54 Å². The summed E-state index contributed by atoms with van der Waals surface area (Å²) >= 11 is 4.92. The van der Waals surface area contributed by atoms with Gasteiger partial charge in [-0.3, -0.25) is 0 Å². The van der Waals surface area contributed by atoms with E-state index >= 15 is 0 Å². The lowest BCUT2D eigenvalue weighted by Gasteiger charge is -2.02. The number of hydrogen-bond donors (Lipinski definition) is 1. The molecule has 0 radical (unpaired) electrons. The Hall–Kier alpha value is -0.670. The number of pyridine rings is 1. The molecule has 11 heavy (non-hydrogen) atoms. The van der Waals surface area contributed by atoms with Gasteiger partial charge >= 0.3 is 0 Å². The van der Waals surface area contributed by atoms with Gasteiger partial charge in [-0.15, -0.1) is 0 Å². The van der Waals surface area contributed by atoms with E-state index in [2.05, 4.69) is 0 Å². The Morgan fingerprint density at radius 1 is 1.36 bits per heavy atom. The van der Waals surface area contributed by atoms with Crippen molar-refractivity contribution in [3.05, 3.63) is 29.0 Å². The molecule has 0 atom stereocenters. The van der Waals surface area contributed by atoms with E-state index in [1.807, 2.05) is 29.1 Å². The number of nitrogens with zero attached hydrogens (tertiary/aromatic N) is 1. The zero-order chi connectivity index (χ0) is 8.10. The number of aliphatic hydroxyl groups is 1. The first-order valence-corrected chi connectivity index (χ1v) is 4.01. The van der Waals surface area contributed by atoms with Gasteiger partial charge in [0.1, 0.15) is 0 Å². The van der Waals surface area contributed by atoms with E-state index in [9.17, 15) is 0 Å². The highest BCUT2D eigenvalue weighted by Crippen LogP contribution is 1.93. The molecule has 0 saturated carbocycles. The number of aliphatic hydroxyl groups excluding tert-OH is 1. The van der Waals surface area contributed by atoms with Gasteiger partial charge in [-0.05, 0) is 18.6 Å². The minimum absolute atomic E-state index is 0.239. The molecular formula is C8H11NOS. The van der Waals surface area contributed by atoms with Crippen molar-refractivity contribution in [3.8, 4) is 0 Å². The molecule has 60 valence electrons. The van der Waals surface area contributed by atoms with Crippen molar-refractivity contribution >= 4 is 12.2 Å². The fraction of sp³-hybridized carbons (Fsp3) is 0.375. The Labute approximate surface area is 71.1 Å². The van der Waals surface area contributed by atoms with Crippen LogP contribution in [0.5, 0.6) is 0 Å². The third-order valence-electron chi connectivity index (χ3n) is 1.43. The molecule has 0 amide bonds. The number of hydrogen-bond acceptors (Lipinski definition) is 2. The van der Waals surface area contributed by atoms with E-state index in [-0.39, 0.29) is 6.61 Å². The zero-order valence-corrected chi connectivity index (χ0v) is 7.05. The lowest BCUT2D eigenvalue weighted by molar-refractivity contribution is 0.279. The number of rotatable bonds is 3. The van der Waals surface area contributed by atoms with Crippen LogP contribution >= 0.6 is 12.2 Å². The lowest BCUT2D eigenvalue weighted by Crippen LogP contribution is -1.98. The molecule has 0 aliphatic carbocycles. The van der Waals surface area contributed by atoms with E-state index in [1.165, 1.54) is 0 Å². The Morgan fingerprint density at radius 3 is 2.55 bits per heavy atom. The molecule has 2 nitrogen and oxygen atoms in total. The zero-order valence-electron chi connectivity index (χ0n) is 6.23. The van der Waals surface area contributed by atoms with Crippen molar-refractivity contribution in [1.82, 2.24) is 4.57 Å². The molecule has 1 aromatic rings. The van der Waals surface area contributed by atoms with Gasteiger partial charge in [0.2, 0.25) is 0 Å². The average molecular weight is 169 g/mol. The highest BCUT2D eigenvalue weighted by Gasteiger charge is 1.85. The molecule has 1 aromatic heterocycles. The van der Waals surface area contributed by atoms with E-state index in [4.69, 9.17) is 17.3 Å². The van der Waals surface area contributed by atoms with Crippen LogP contribution in [0.2, 0.25) is 0 Å². The topological polar surface area (TPSA) is 25.2 Å². The maximum absolute atomic E-state index is 8.55. The van der Waals surface area contributed by atoms with Gasteiger partial charge in [0, 0.05) is 30.1 Å². The van der Waals surface area contributed by atoms with Gasteiger partial charge in [-0.2, -0.15) is 0 Å². The van der Waals surface area contributed by atoms with Gasteiger partial charge in [0.15, 0.2) is 0 Å². The molecule has 1 heterocycles. The molecule has 1 N–H and O–H groups in total. The first-order chi connectivity index (χ1) is 5.33. The van der Waals surface area contributed by atoms with Crippen LogP contribution in [0, 0.1) is 4.51 Å². The molecule has 0 saturated heterocycles. The second kappa shape index (κ2) is 4.26. The summed E-state index contributed by atoms with van der Waals surface area (Å²) in [5.74, 6) is 0. The van der Waals surface area contributed by atoms with Gasteiger partial charge in [0.25, 0.3) is 0 Å². The summed E-state index contributed by atoms with van der Waals surface area (Å²) in [6, 6.07) is 3.76. The normalized spacial score (nSPS) is 9.91. The Morgan fingerprint density at radius 2 is 2.00 bits per heavy atom. The fourth-order valence-electron chi connectivity index (χ4n) is 0.846. The Kier molecular flexibility index (Phi) is 3.26. The minimum Gasteiger partial charge on any atom is -0.396 e. The largest absolute Gasteiger partial charge is 0.396 e. The quantitative estimate of drug-likeness (QED) is 0.695. The maximum atomic E-state index is 8.55. The van der Waals surface area contributed by atoms with E-state index in [1.54, 1.807) is 0 Å². The monoisotopic (exact) mass is 169 g/mol. The van der Waals surface area contributed by atoms with Gasteiger partial charge in [-0.25, -0.2) is 0 Å². The van der Waals surface area contributed by atoms with Crippen molar-refractivity contribution in [3.63, 3.8) is 0 Å². The van der Waals surface area contributed by atoms with Crippen LogP contribution in [0.3, 0.4) is 0 Å². The lowest BCUT2D eigenvalue weighted by atomic mass is 10.4. The fourth-order valence-corrected chi connectivity index (χ4v) is 0.968. The van der Waals surface area contributed by atoms with Crippen LogP contribution in [0.4, 0.5) is 0 Å². The number of aryl methyl sites for hydroxylation is 1. The molecule has 0 fully saturated rings. The van der Waals surface area contributed by atoms with Gasteiger partial charge in [-0.1, -0.05) is 12.2 Å². The predicted octanol–water partition coefficient (Wildman–Crippen LogP) is 1.60. The van der Waals surface area contributed by atoms with E-state index in [0.29, 0.717) is 0 Å². The summed E-state index contributed by atoms with van der Waals surface area (Å²) in [6.07, 6.45) is 4.65. The molecule has 0 unspecified atom stereocenters. The molecule has 0 bridgehead atoms. The summed E-state index contributed by atoms with van der Waals surface area (Å²) in [5, 5.41) is 8.55. The summed E-state index contributed by atoms with van der Waals surface area (Å²) < 4.78 is 2.86. The molecule has 1 rings (SSSR count). The molecule has 3 heteroatoms. The highest BCUT2D eigenvalue weighted by atomic mass is 32.1. The standard InChI is InChI=1S/C8H11NOS/c10-7-1-4-9-5-2-8(11)3-6-9/h2-3,5-6,10H,1,4,7H2. The summed E-state index contributed by atoms with van der Waals surface area (Å²) in [6.45, 7) is 1.09. The summed E-state index contributed by atoms with van der Waals surface area (Å²) in [5.41, 5.74) is 0. The second-order valence-electron chi connectivity index (χ2n) is 2.35. The number of aromatic nitrogens is 1. The van der Waals surface area contributed by atoms with Crippen molar-refractivity contribution in [2.24, 2.45) is 0 Å². The maximum Gasteiger partial charge on any atom is 0.0448 e. The first-order valence-electron chi connectivity index (χ1n) is 3.60. The van der Waals surface area contributed by atoms with Crippen LogP contribution < -0.4 is 0 Å². The molecule has 0 aliphatic rings. The van der Waals surface area contributed by atoms with Crippen LogP contribution in [0.15, 0.2) is 24.5 Å². The predicted molar refractivity (Wildman–Crippen MR) is 47.0 cm³/mol. The van der Waals surface area contributed by atoms with Crippen molar-refractivity contribution < 1.29 is 5.11 Å². The average Bonchev–Trinajstić information content (AvgIpc) is 2.04. The van der Waals surface area contributed by atoms with Crippen molar-refractivity contribution in [2.45, 2.75) is 13.0 Å². The third kappa shape index (κ3) is 2.82. The van der Waals surface area contributed by atoms with Gasteiger partial charge < -0.3 is 9.67 Å². The van der Waals surface area contributed by atoms with E-state index < -0.39 is 0 Å². The van der Waals surface area contributed by atoms with Crippen LogP contribution in [-0.4, -0.2) is 16.3 Å².